The molecule has 1 aromatic carbocycles. The van der Waals surface area contributed by atoms with Gasteiger partial charge in [0.1, 0.15) is 0 Å². The Morgan fingerprint density at radius 3 is 2.73 bits per heavy atom. The van der Waals surface area contributed by atoms with Crippen molar-refractivity contribution >= 4 is 23.6 Å². The summed E-state index contributed by atoms with van der Waals surface area (Å²) in [6, 6.07) is 4.32. The van der Waals surface area contributed by atoms with Crippen LogP contribution >= 0.6 is 12.6 Å². The van der Waals surface area contributed by atoms with Gasteiger partial charge in [0.15, 0.2) is 11.6 Å². The van der Waals surface area contributed by atoms with Crippen LogP contribution in [0.15, 0.2) is 18.2 Å². The van der Waals surface area contributed by atoms with E-state index in [1.54, 1.807) is 13.0 Å². The van der Waals surface area contributed by atoms with Gasteiger partial charge < -0.3 is 9.64 Å². The molecule has 0 saturated heterocycles. The van der Waals surface area contributed by atoms with Crippen molar-refractivity contribution in [2.45, 2.75) is 6.92 Å². The molecule has 1 amide bonds. The van der Waals surface area contributed by atoms with Crippen molar-refractivity contribution in [2.24, 2.45) is 0 Å². The predicted octanol–water partition coefficient (Wildman–Crippen LogP) is 2.71. The number of anilines is 1. The van der Waals surface area contributed by atoms with Crippen molar-refractivity contribution in [3.8, 4) is 5.75 Å². The lowest BCUT2D eigenvalue weighted by Gasteiger charge is -2.15. The van der Waals surface area contributed by atoms with Crippen LogP contribution in [0.4, 0.5) is 14.9 Å². The van der Waals surface area contributed by atoms with Gasteiger partial charge in [-0.3, -0.25) is 4.79 Å². The Labute approximate surface area is 93.2 Å². The fourth-order valence-corrected chi connectivity index (χ4v) is 1.20. The van der Waals surface area contributed by atoms with Crippen LogP contribution in [0.2, 0.25) is 0 Å². The normalized spacial score (nSPS) is 9.87. The van der Waals surface area contributed by atoms with Gasteiger partial charge in [0.2, 0.25) is 0 Å². The molecule has 0 atom stereocenters. The Morgan fingerprint density at radius 2 is 2.27 bits per heavy atom. The minimum absolute atomic E-state index is 0.182. The second kappa shape index (κ2) is 5.02. The van der Waals surface area contributed by atoms with E-state index in [-0.39, 0.29) is 5.75 Å². The average molecular weight is 229 g/mol. The van der Waals surface area contributed by atoms with Gasteiger partial charge in [-0.2, -0.15) is 0 Å². The van der Waals surface area contributed by atoms with Crippen LogP contribution in [0.1, 0.15) is 6.92 Å². The molecule has 0 unspecified atom stereocenters. The largest absolute Gasteiger partial charge is 0.491 e. The number of hydrogen-bond donors (Lipinski definition) is 1. The molecule has 0 aliphatic carbocycles. The first-order valence-electron chi connectivity index (χ1n) is 4.45. The van der Waals surface area contributed by atoms with Gasteiger partial charge in [0.05, 0.1) is 6.61 Å². The Morgan fingerprint density at radius 1 is 1.60 bits per heavy atom. The van der Waals surface area contributed by atoms with Crippen LogP contribution in [-0.4, -0.2) is 18.9 Å². The Kier molecular flexibility index (Phi) is 3.96. The lowest BCUT2D eigenvalue weighted by Crippen LogP contribution is -2.19. The van der Waals surface area contributed by atoms with E-state index in [1.807, 2.05) is 0 Å². The quantitative estimate of drug-likeness (QED) is 0.807. The Balaban J connectivity index is 2.95. The summed E-state index contributed by atoms with van der Waals surface area (Å²) in [5.41, 5.74) is 0.441. The van der Waals surface area contributed by atoms with E-state index in [0.29, 0.717) is 12.3 Å². The summed E-state index contributed by atoms with van der Waals surface area (Å²) in [6.45, 7) is 2.17. The Hall–Kier alpha value is -1.23. The third-order valence-electron chi connectivity index (χ3n) is 1.89. The summed E-state index contributed by atoms with van der Waals surface area (Å²) in [7, 11) is 1.52. The summed E-state index contributed by atoms with van der Waals surface area (Å²) in [4.78, 5) is 12.1. The first-order chi connectivity index (χ1) is 7.06. The molecule has 0 aliphatic heterocycles. The van der Waals surface area contributed by atoms with Crippen molar-refractivity contribution < 1.29 is 13.9 Å². The maximum absolute atomic E-state index is 13.4. The monoisotopic (exact) mass is 229 g/mol. The van der Waals surface area contributed by atoms with E-state index in [2.05, 4.69) is 12.6 Å². The zero-order valence-corrected chi connectivity index (χ0v) is 9.42. The molecular formula is C10H12FNO2S. The second-order valence-electron chi connectivity index (χ2n) is 2.89. The molecule has 0 aromatic heterocycles. The highest BCUT2D eigenvalue weighted by molar-refractivity contribution is 7.96. The maximum Gasteiger partial charge on any atom is 0.282 e. The molecule has 1 aromatic rings. The van der Waals surface area contributed by atoms with Crippen molar-refractivity contribution in [1.82, 2.24) is 0 Å². The fraction of sp³-hybridized carbons (Fsp3) is 0.300. The van der Waals surface area contributed by atoms with Gasteiger partial charge in [-0.25, -0.2) is 4.39 Å². The van der Waals surface area contributed by atoms with Crippen LogP contribution in [0.3, 0.4) is 0 Å². The first kappa shape index (κ1) is 11.8. The zero-order chi connectivity index (χ0) is 11.4. The molecule has 0 fully saturated rings. The molecule has 0 heterocycles. The summed E-state index contributed by atoms with van der Waals surface area (Å²) >= 11 is 3.64. The summed E-state index contributed by atoms with van der Waals surface area (Å²) < 4.78 is 18.4. The standard InChI is InChI=1S/C10H12FNO2S/c1-3-14-9-5-4-7(6-8(9)11)12(2)10(13)15/h4-6H,3H2,1-2H3,(H,13,15). The van der Waals surface area contributed by atoms with E-state index < -0.39 is 11.1 Å². The number of nitrogens with zero attached hydrogens (tertiary/aromatic N) is 1. The number of carbonyl (C=O) groups excluding carboxylic acids is 1. The first-order valence-corrected chi connectivity index (χ1v) is 4.90. The third kappa shape index (κ3) is 2.86. The van der Waals surface area contributed by atoms with Crippen LogP contribution in [0.5, 0.6) is 5.75 Å². The third-order valence-corrected chi connectivity index (χ3v) is 2.19. The number of thiol groups is 1. The zero-order valence-electron chi connectivity index (χ0n) is 8.53. The van der Waals surface area contributed by atoms with Gasteiger partial charge in [-0.05, 0) is 19.1 Å². The minimum atomic E-state index is -0.490. The molecule has 0 saturated carbocycles. The molecule has 0 spiro atoms. The van der Waals surface area contributed by atoms with Crippen molar-refractivity contribution in [3.05, 3.63) is 24.0 Å². The Bertz CT molecular complexity index is 370. The van der Waals surface area contributed by atoms with Gasteiger partial charge in [0, 0.05) is 18.8 Å². The van der Waals surface area contributed by atoms with Crippen molar-refractivity contribution in [2.75, 3.05) is 18.6 Å². The van der Waals surface area contributed by atoms with E-state index in [1.165, 1.54) is 24.1 Å². The average Bonchev–Trinajstić information content (AvgIpc) is 2.20. The number of hydrogen-bond acceptors (Lipinski definition) is 2. The molecule has 5 heteroatoms. The molecular weight excluding hydrogens is 217 g/mol. The van der Waals surface area contributed by atoms with Crippen LogP contribution < -0.4 is 9.64 Å². The van der Waals surface area contributed by atoms with Crippen molar-refractivity contribution in [1.29, 1.82) is 0 Å². The summed E-state index contributed by atoms with van der Waals surface area (Å²) in [5, 5.41) is -0.446. The molecule has 15 heavy (non-hydrogen) atoms. The predicted molar refractivity (Wildman–Crippen MR) is 60.4 cm³/mol. The topological polar surface area (TPSA) is 29.5 Å². The fourth-order valence-electron chi connectivity index (χ4n) is 1.08. The van der Waals surface area contributed by atoms with Gasteiger partial charge in [0.25, 0.3) is 5.24 Å². The molecule has 82 valence electrons. The summed E-state index contributed by atoms with van der Waals surface area (Å²) in [6.07, 6.45) is 0. The molecule has 0 aliphatic rings. The molecule has 0 bridgehead atoms. The van der Waals surface area contributed by atoms with Crippen molar-refractivity contribution in [3.63, 3.8) is 0 Å². The molecule has 1 rings (SSSR count). The number of amides is 1. The summed E-state index contributed by atoms with van der Waals surface area (Å²) in [5.74, 6) is -0.308. The maximum atomic E-state index is 13.4. The molecule has 0 N–H and O–H groups in total. The highest BCUT2D eigenvalue weighted by Gasteiger charge is 2.10. The van der Waals surface area contributed by atoms with E-state index in [9.17, 15) is 9.18 Å². The lowest BCUT2D eigenvalue weighted by atomic mass is 10.3. The van der Waals surface area contributed by atoms with Gasteiger partial charge >= 0.3 is 0 Å². The number of benzene rings is 1. The SMILES string of the molecule is CCOc1ccc(N(C)C(=O)S)cc1F. The minimum Gasteiger partial charge on any atom is -0.491 e. The number of ether oxygens (including phenoxy) is 1. The van der Waals surface area contributed by atoms with Crippen LogP contribution in [0.25, 0.3) is 0 Å². The van der Waals surface area contributed by atoms with Gasteiger partial charge in [-0.15, -0.1) is 0 Å². The van der Waals surface area contributed by atoms with Crippen LogP contribution in [0, 0.1) is 5.82 Å². The highest BCUT2D eigenvalue weighted by Crippen LogP contribution is 2.23. The van der Waals surface area contributed by atoms with E-state index in [4.69, 9.17) is 4.74 Å². The number of rotatable bonds is 3. The smallest absolute Gasteiger partial charge is 0.282 e. The van der Waals surface area contributed by atoms with Crippen LogP contribution in [-0.2, 0) is 0 Å². The second-order valence-corrected chi connectivity index (χ2v) is 3.27. The molecule has 0 radical (unpaired) electrons. The number of carbonyl (C=O) groups is 1. The van der Waals surface area contributed by atoms with Gasteiger partial charge in [-0.1, -0.05) is 12.6 Å². The van der Waals surface area contributed by atoms with E-state index >= 15 is 0 Å². The van der Waals surface area contributed by atoms with E-state index in [0.717, 1.165) is 0 Å². The highest BCUT2D eigenvalue weighted by atomic mass is 32.1. The lowest BCUT2D eigenvalue weighted by molar-refractivity contribution is 0.266. The molecule has 3 nitrogen and oxygen atoms in total. The number of halogens is 1.